The topological polar surface area (TPSA) is 75.0 Å². The Hall–Kier alpha value is -1.34. The van der Waals surface area contributed by atoms with Crippen molar-refractivity contribution < 1.29 is 14.6 Å². The number of rotatable bonds is 4. The lowest BCUT2D eigenvalue weighted by Gasteiger charge is -2.33. The normalized spacial score (nSPS) is 14.9. The minimum atomic E-state index is -0.390. The van der Waals surface area contributed by atoms with E-state index in [0.29, 0.717) is 44.8 Å². The summed E-state index contributed by atoms with van der Waals surface area (Å²) in [6.07, 6.45) is 1.41. The van der Waals surface area contributed by atoms with Crippen LogP contribution in [0.5, 0.6) is 5.75 Å². The van der Waals surface area contributed by atoms with Crippen LogP contribution >= 0.6 is 45.2 Å². The van der Waals surface area contributed by atoms with Gasteiger partial charge in [0, 0.05) is 51.6 Å². The third kappa shape index (κ3) is 4.98. The maximum absolute atomic E-state index is 12.6. The summed E-state index contributed by atoms with van der Waals surface area (Å²) in [5.74, 6) is -0.210. The number of halogens is 2. The largest absolute Gasteiger partial charge is 0.503 e. The summed E-state index contributed by atoms with van der Waals surface area (Å²) in [5, 5.41) is 10.4. The van der Waals surface area contributed by atoms with E-state index in [1.807, 2.05) is 18.2 Å². The van der Waals surface area contributed by atoms with E-state index in [1.54, 1.807) is 17.2 Å². The lowest BCUT2D eigenvalue weighted by Crippen LogP contribution is -2.48. The van der Waals surface area contributed by atoms with Crippen LogP contribution in [0.1, 0.15) is 11.1 Å². The Labute approximate surface area is 190 Å². The van der Waals surface area contributed by atoms with Crippen molar-refractivity contribution in [3.63, 3.8) is 0 Å². The van der Waals surface area contributed by atoms with Crippen molar-refractivity contribution in [3.8, 4) is 5.75 Å². The first-order chi connectivity index (χ1) is 13.4. The molecule has 150 valence electrons. The molecular weight excluding hydrogens is 588 g/mol. The number of methoxy groups -OCH3 is 1. The van der Waals surface area contributed by atoms with E-state index in [2.05, 4.69) is 50.1 Å². The van der Waals surface area contributed by atoms with Gasteiger partial charge in [-0.3, -0.25) is 9.69 Å². The van der Waals surface area contributed by atoms with Gasteiger partial charge in [0.2, 0.25) is 0 Å². The Balaban J connectivity index is 1.68. The van der Waals surface area contributed by atoms with Gasteiger partial charge in [-0.05, 0) is 68.9 Å². The Morgan fingerprint density at radius 3 is 2.46 bits per heavy atom. The second kappa shape index (κ2) is 9.44. The molecule has 0 spiro atoms. The fraction of sp³-hybridized carbons (Fsp3) is 0.368. The molecule has 1 amide bonds. The standard InChI is InChI=1S/C19H21I2N3O4/c1-28-19(27)23-8-6-22(7-9-23)12-14-4-5-24(18(26)17(14)25)11-13-2-3-15(20)16(21)10-13/h2-5,10,25H,6-9,11-12H2,1H3. The van der Waals surface area contributed by atoms with Crippen molar-refractivity contribution in [1.82, 2.24) is 14.4 Å². The van der Waals surface area contributed by atoms with Crippen LogP contribution in [0, 0.1) is 7.14 Å². The number of benzene rings is 1. The summed E-state index contributed by atoms with van der Waals surface area (Å²) in [6, 6.07) is 7.84. The fourth-order valence-corrected chi connectivity index (χ4v) is 4.06. The molecule has 0 atom stereocenters. The predicted octanol–water partition coefficient (Wildman–Crippen LogP) is 2.70. The van der Waals surface area contributed by atoms with Crippen molar-refractivity contribution in [2.24, 2.45) is 0 Å². The molecule has 0 radical (unpaired) electrons. The number of hydrogen-bond donors (Lipinski definition) is 1. The van der Waals surface area contributed by atoms with Gasteiger partial charge in [0.25, 0.3) is 5.56 Å². The zero-order valence-electron chi connectivity index (χ0n) is 15.4. The van der Waals surface area contributed by atoms with Gasteiger partial charge in [0.05, 0.1) is 13.7 Å². The second-order valence-corrected chi connectivity index (χ2v) is 8.93. The summed E-state index contributed by atoms with van der Waals surface area (Å²) in [6.45, 7) is 3.35. The summed E-state index contributed by atoms with van der Waals surface area (Å²) in [5.41, 5.74) is 1.22. The van der Waals surface area contributed by atoms with Gasteiger partial charge < -0.3 is 19.3 Å². The zero-order valence-corrected chi connectivity index (χ0v) is 19.7. The maximum atomic E-state index is 12.6. The first-order valence-electron chi connectivity index (χ1n) is 8.79. The molecule has 1 aliphatic rings. The summed E-state index contributed by atoms with van der Waals surface area (Å²) in [7, 11) is 1.37. The summed E-state index contributed by atoms with van der Waals surface area (Å²) >= 11 is 4.54. The third-order valence-corrected chi connectivity index (χ3v) is 7.62. The highest BCUT2D eigenvalue weighted by molar-refractivity contribution is 14.1. The summed E-state index contributed by atoms with van der Waals surface area (Å²) in [4.78, 5) is 27.9. The molecule has 0 unspecified atom stereocenters. The van der Waals surface area contributed by atoms with Crippen molar-refractivity contribution in [3.05, 3.63) is 59.1 Å². The summed E-state index contributed by atoms with van der Waals surface area (Å²) < 4.78 is 8.56. The van der Waals surface area contributed by atoms with Gasteiger partial charge in [0.1, 0.15) is 0 Å². The van der Waals surface area contributed by atoms with Crippen LogP contribution in [0.15, 0.2) is 35.3 Å². The van der Waals surface area contributed by atoms with Gasteiger partial charge >= 0.3 is 6.09 Å². The molecule has 0 bridgehead atoms. The number of carbonyl (C=O) groups excluding carboxylic acids is 1. The number of piperazine rings is 1. The van der Waals surface area contributed by atoms with Gasteiger partial charge in [0.15, 0.2) is 5.75 Å². The van der Waals surface area contributed by atoms with Crippen LogP contribution in [0.25, 0.3) is 0 Å². The van der Waals surface area contributed by atoms with Gasteiger partial charge in [-0.2, -0.15) is 0 Å². The fourth-order valence-electron chi connectivity index (χ4n) is 3.15. The molecule has 2 heterocycles. The van der Waals surface area contributed by atoms with E-state index in [-0.39, 0.29) is 17.4 Å². The molecule has 1 aromatic heterocycles. The molecule has 0 saturated carbocycles. The highest BCUT2D eigenvalue weighted by atomic mass is 127. The number of amides is 1. The van der Waals surface area contributed by atoms with Crippen LogP contribution in [0.2, 0.25) is 0 Å². The Kier molecular flexibility index (Phi) is 7.20. The molecule has 9 heteroatoms. The van der Waals surface area contributed by atoms with Crippen LogP contribution in [-0.2, 0) is 17.8 Å². The van der Waals surface area contributed by atoms with Crippen molar-refractivity contribution in [2.45, 2.75) is 13.1 Å². The number of aromatic nitrogens is 1. The number of ether oxygens (including phenoxy) is 1. The van der Waals surface area contributed by atoms with Crippen LogP contribution in [-0.4, -0.2) is 58.9 Å². The maximum Gasteiger partial charge on any atom is 0.409 e. The number of hydrogen-bond acceptors (Lipinski definition) is 5. The number of pyridine rings is 1. The minimum Gasteiger partial charge on any atom is -0.503 e. The third-order valence-electron chi connectivity index (χ3n) is 4.76. The van der Waals surface area contributed by atoms with E-state index in [0.717, 1.165) is 9.13 Å². The van der Waals surface area contributed by atoms with E-state index in [4.69, 9.17) is 4.74 Å². The van der Waals surface area contributed by atoms with E-state index in [1.165, 1.54) is 15.2 Å². The van der Waals surface area contributed by atoms with Gasteiger partial charge in [-0.15, -0.1) is 0 Å². The Morgan fingerprint density at radius 1 is 1.11 bits per heavy atom. The van der Waals surface area contributed by atoms with Crippen LogP contribution < -0.4 is 5.56 Å². The molecule has 3 rings (SSSR count). The molecule has 0 aliphatic carbocycles. The molecule has 1 aliphatic heterocycles. The van der Waals surface area contributed by atoms with Crippen LogP contribution in [0.4, 0.5) is 4.79 Å². The number of nitrogens with zero attached hydrogens (tertiary/aromatic N) is 3. The first kappa shape index (κ1) is 21.4. The smallest absolute Gasteiger partial charge is 0.409 e. The minimum absolute atomic E-state index is 0.210. The highest BCUT2D eigenvalue weighted by Crippen LogP contribution is 2.19. The van der Waals surface area contributed by atoms with Gasteiger partial charge in [-0.1, -0.05) is 6.07 Å². The average molecular weight is 609 g/mol. The van der Waals surface area contributed by atoms with Crippen LogP contribution in [0.3, 0.4) is 0 Å². The Morgan fingerprint density at radius 2 is 1.82 bits per heavy atom. The molecule has 1 fully saturated rings. The molecule has 7 nitrogen and oxygen atoms in total. The highest BCUT2D eigenvalue weighted by Gasteiger charge is 2.22. The molecule has 28 heavy (non-hydrogen) atoms. The SMILES string of the molecule is COC(=O)N1CCN(Cc2ccn(Cc3ccc(I)c(I)c3)c(=O)c2O)CC1. The molecule has 2 aromatic rings. The Bertz CT molecular complexity index is 924. The lowest BCUT2D eigenvalue weighted by molar-refractivity contribution is 0.0885. The van der Waals surface area contributed by atoms with Gasteiger partial charge in [-0.25, -0.2) is 4.79 Å². The van der Waals surface area contributed by atoms with E-state index in [9.17, 15) is 14.7 Å². The molecule has 1 saturated heterocycles. The van der Waals surface area contributed by atoms with E-state index >= 15 is 0 Å². The monoisotopic (exact) mass is 609 g/mol. The van der Waals surface area contributed by atoms with E-state index < -0.39 is 0 Å². The second-order valence-electron chi connectivity index (χ2n) is 6.60. The van der Waals surface area contributed by atoms with Crippen molar-refractivity contribution in [2.75, 3.05) is 33.3 Å². The lowest BCUT2D eigenvalue weighted by atomic mass is 10.2. The number of carbonyl (C=O) groups is 1. The first-order valence-corrected chi connectivity index (χ1v) is 10.9. The molecule has 1 aromatic carbocycles. The number of aromatic hydroxyl groups is 1. The predicted molar refractivity (Wildman–Crippen MR) is 123 cm³/mol. The average Bonchev–Trinajstić information content (AvgIpc) is 2.70. The molecule has 1 N–H and O–H groups in total. The zero-order chi connectivity index (χ0) is 20.3. The van der Waals surface area contributed by atoms with Crippen molar-refractivity contribution >= 4 is 51.3 Å². The molecular formula is C19H21I2N3O4. The van der Waals surface area contributed by atoms with Crippen molar-refractivity contribution in [1.29, 1.82) is 0 Å². The quantitative estimate of drug-likeness (QED) is 0.541.